The molecule has 1 saturated heterocycles. The number of amides is 1. The Morgan fingerprint density at radius 3 is 2.66 bits per heavy atom. The van der Waals surface area contributed by atoms with E-state index in [1.165, 1.54) is 11.0 Å². The first-order valence-corrected chi connectivity index (χ1v) is 9.43. The number of rotatable bonds is 3. The molecule has 3 heterocycles. The Labute approximate surface area is 166 Å². The summed E-state index contributed by atoms with van der Waals surface area (Å²) < 4.78 is 45.4. The van der Waals surface area contributed by atoms with Crippen molar-refractivity contribution < 1.29 is 22.7 Å². The van der Waals surface area contributed by atoms with Crippen LogP contribution in [-0.2, 0) is 10.9 Å². The summed E-state index contributed by atoms with van der Waals surface area (Å²) in [7, 11) is 1.68. The van der Waals surface area contributed by atoms with E-state index in [2.05, 4.69) is 15.3 Å². The summed E-state index contributed by atoms with van der Waals surface area (Å²) in [4.78, 5) is 15.7. The predicted octanol–water partition coefficient (Wildman–Crippen LogP) is 3.23. The predicted molar refractivity (Wildman–Crippen MR) is 99.6 cm³/mol. The van der Waals surface area contributed by atoms with Crippen LogP contribution in [0.4, 0.5) is 23.8 Å². The van der Waals surface area contributed by atoms with Crippen molar-refractivity contribution in [1.82, 2.24) is 24.7 Å². The molecule has 2 aromatic heterocycles. The van der Waals surface area contributed by atoms with Crippen LogP contribution < -0.4 is 4.90 Å². The minimum Gasteiger partial charge on any atom is -0.444 e. The van der Waals surface area contributed by atoms with Gasteiger partial charge in [-0.3, -0.25) is 0 Å². The summed E-state index contributed by atoms with van der Waals surface area (Å²) in [5.74, 6) is -0.568. The molecule has 1 amide bonds. The number of anilines is 1. The van der Waals surface area contributed by atoms with Gasteiger partial charge in [0.05, 0.1) is 0 Å². The zero-order valence-corrected chi connectivity index (χ0v) is 16.9. The van der Waals surface area contributed by atoms with E-state index in [9.17, 15) is 18.0 Å². The molecule has 0 aliphatic carbocycles. The Balaban J connectivity index is 1.71. The third kappa shape index (κ3) is 5.07. The second kappa shape index (κ2) is 7.68. The van der Waals surface area contributed by atoms with Crippen LogP contribution in [0.1, 0.15) is 39.4 Å². The lowest BCUT2D eigenvalue weighted by molar-refractivity contribution is -0.146. The lowest BCUT2D eigenvalue weighted by Gasteiger charge is -2.35. The molecule has 160 valence electrons. The number of carbonyl (C=O) groups is 1. The maximum atomic E-state index is 13.1. The molecule has 2 aromatic rings. The van der Waals surface area contributed by atoms with E-state index < -0.39 is 23.7 Å². The Morgan fingerprint density at radius 1 is 1.28 bits per heavy atom. The minimum atomic E-state index is -4.63. The number of nitrogens with zero attached hydrogens (tertiary/aromatic N) is 6. The maximum Gasteiger partial charge on any atom is 0.453 e. The standard InChI is InChI=1S/C18H25F3N6O2/c1-17(2,3)29-16(28)25(4)10-12-6-5-9-26(11-12)14-8-7-13-22-23-15(18(19,20)21)27(13)24-14/h7-8,12H,5-6,9-11H2,1-4H3. The summed E-state index contributed by atoms with van der Waals surface area (Å²) in [6.07, 6.45) is -3.27. The molecule has 0 radical (unpaired) electrons. The van der Waals surface area contributed by atoms with Crippen molar-refractivity contribution in [3.8, 4) is 0 Å². The van der Waals surface area contributed by atoms with Crippen molar-refractivity contribution in [3.05, 3.63) is 18.0 Å². The topological polar surface area (TPSA) is 75.9 Å². The number of alkyl halides is 3. The zero-order valence-electron chi connectivity index (χ0n) is 16.9. The van der Waals surface area contributed by atoms with Crippen molar-refractivity contribution in [2.24, 2.45) is 5.92 Å². The average molecular weight is 414 g/mol. The smallest absolute Gasteiger partial charge is 0.444 e. The molecule has 1 aliphatic heterocycles. The van der Waals surface area contributed by atoms with Crippen LogP contribution in [0, 0.1) is 5.92 Å². The third-order valence-electron chi connectivity index (χ3n) is 4.58. The van der Waals surface area contributed by atoms with E-state index in [-0.39, 0.29) is 11.6 Å². The molecular weight excluding hydrogens is 389 g/mol. The van der Waals surface area contributed by atoms with Gasteiger partial charge in [0.15, 0.2) is 5.65 Å². The van der Waals surface area contributed by atoms with Gasteiger partial charge in [0.25, 0.3) is 5.82 Å². The third-order valence-corrected chi connectivity index (χ3v) is 4.58. The highest BCUT2D eigenvalue weighted by molar-refractivity contribution is 5.67. The van der Waals surface area contributed by atoms with Crippen LogP contribution in [0.5, 0.6) is 0 Å². The van der Waals surface area contributed by atoms with Gasteiger partial charge in [-0.25, -0.2) is 4.79 Å². The second-order valence-corrected chi connectivity index (χ2v) is 8.30. The molecule has 29 heavy (non-hydrogen) atoms. The van der Waals surface area contributed by atoms with Gasteiger partial charge in [0, 0.05) is 26.7 Å². The van der Waals surface area contributed by atoms with Gasteiger partial charge < -0.3 is 14.5 Å². The first-order valence-electron chi connectivity index (χ1n) is 9.43. The summed E-state index contributed by atoms with van der Waals surface area (Å²) in [6.45, 7) is 7.17. The van der Waals surface area contributed by atoms with Crippen LogP contribution in [0.2, 0.25) is 0 Å². The van der Waals surface area contributed by atoms with Crippen LogP contribution in [0.25, 0.3) is 5.65 Å². The number of piperidine rings is 1. The van der Waals surface area contributed by atoms with Crippen LogP contribution >= 0.6 is 0 Å². The first-order chi connectivity index (χ1) is 13.4. The van der Waals surface area contributed by atoms with Crippen molar-refractivity contribution in [2.45, 2.75) is 45.4 Å². The molecule has 11 heteroatoms. The molecule has 0 spiro atoms. The number of carbonyl (C=O) groups excluding carboxylic acids is 1. The van der Waals surface area contributed by atoms with Crippen molar-refractivity contribution in [1.29, 1.82) is 0 Å². The fraction of sp³-hybridized carbons (Fsp3) is 0.667. The van der Waals surface area contributed by atoms with Crippen molar-refractivity contribution in [2.75, 3.05) is 31.6 Å². The maximum absolute atomic E-state index is 13.1. The fourth-order valence-corrected chi connectivity index (χ4v) is 3.35. The molecule has 1 atom stereocenters. The second-order valence-electron chi connectivity index (χ2n) is 8.30. The van der Waals surface area contributed by atoms with E-state index >= 15 is 0 Å². The molecule has 1 aliphatic rings. The number of aromatic nitrogens is 4. The quantitative estimate of drug-likeness (QED) is 0.768. The van der Waals surface area contributed by atoms with Gasteiger partial charge >= 0.3 is 12.3 Å². The zero-order chi connectivity index (χ0) is 21.4. The molecule has 0 saturated carbocycles. The molecular formula is C18H25F3N6O2. The van der Waals surface area contributed by atoms with Gasteiger partial charge in [-0.1, -0.05) is 0 Å². The average Bonchev–Trinajstić information content (AvgIpc) is 3.04. The van der Waals surface area contributed by atoms with E-state index in [1.54, 1.807) is 13.1 Å². The lowest BCUT2D eigenvalue weighted by atomic mass is 9.97. The van der Waals surface area contributed by atoms with Crippen LogP contribution in [0.15, 0.2) is 12.1 Å². The Morgan fingerprint density at radius 2 is 2.00 bits per heavy atom. The van der Waals surface area contributed by atoms with Gasteiger partial charge in [-0.2, -0.15) is 17.7 Å². The summed E-state index contributed by atoms with van der Waals surface area (Å²) in [5.41, 5.74) is -0.530. The van der Waals surface area contributed by atoms with E-state index in [4.69, 9.17) is 4.74 Å². The van der Waals surface area contributed by atoms with Gasteiger partial charge in [0.2, 0.25) is 0 Å². The number of ether oxygens (including phenoxy) is 1. The lowest BCUT2D eigenvalue weighted by Crippen LogP contribution is -2.43. The SMILES string of the molecule is CN(CC1CCCN(c2ccc3nnc(C(F)(F)F)n3n2)C1)C(=O)OC(C)(C)C. The molecule has 3 rings (SSSR count). The van der Waals surface area contributed by atoms with Gasteiger partial charge in [-0.05, 0) is 51.7 Å². The molecule has 0 aromatic carbocycles. The summed E-state index contributed by atoms with van der Waals surface area (Å²) in [5, 5.41) is 10.8. The molecule has 8 nitrogen and oxygen atoms in total. The van der Waals surface area contributed by atoms with E-state index in [0.717, 1.165) is 17.4 Å². The van der Waals surface area contributed by atoms with Gasteiger partial charge in [0.1, 0.15) is 11.4 Å². The van der Waals surface area contributed by atoms with E-state index in [0.29, 0.717) is 25.5 Å². The molecule has 0 bridgehead atoms. The minimum absolute atomic E-state index is 0.0410. The molecule has 1 unspecified atom stereocenters. The first kappa shape index (κ1) is 21.1. The number of halogens is 3. The van der Waals surface area contributed by atoms with Crippen LogP contribution in [0.3, 0.4) is 0 Å². The van der Waals surface area contributed by atoms with Crippen molar-refractivity contribution in [3.63, 3.8) is 0 Å². The van der Waals surface area contributed by atoms with E-state index in [1.807, 2.05) is 25.7 Å². The number of hydrogen-bond acceptors (Lipinski definition) is 6. The van der Waals surface area contributed by atoms with Crippen LogP contribution in [-0.4, -0.2) is 63.1 Å². The highest BCUT2D eigenvalue weighted by Gasteiger charge is 2.38. The number of fused-ring (bicyclic) bond motifs is 1. The monoisotopic (exact) mass is 414 g/mol. The van der Waals surface area contributed by atoms with Gasteiger partial charge in [-0.15, -0.1) is 15.3 Å². The molecule has 1 fully saturated rings. The highest BCUT2D eigenvalue weighted by Crippen LogP contribution is 2.29. The summed E-state index contributed by atoms with van der Waals surface area (Å²) in [6, 6.07) is 3.12. The largest absolute Gasteiger partial charge is 0.453 e. The Bertz CT molecular complexity index is 877. The number of hydrogen-bond donors (Lipinski definition) is 0. The summed E-state index contributed by atoms with van der Waals surface area (Å²) >= 11 is 0. The molecule has 0 N–H and O–H groups in total. The Hall–Kier alpha value is -2.59. The normalized spacial score (nSPS) is 18.2. The Kier molecular flexibility index (Phi) is 5.59. The van der Waals surface area contributed by atoms with Crippen molar-refractivity contribution >= 4 is 17.6 Å². The highest BCUT2D eigenvalue weighted by atomic mass is 19.4. The fourth-order valence-electron chi connectivity index (χ4n) is 3.35.